The van der Waals surface area contributed by atoms with Gasteiger partial charge in [-0.15, -0.1) is 0 Å². The van der Waals surface area contributed by atoms with Crippen LogP contribution in [0.4, 0.5) is 0 Å². The van der Waals surface area contributed by atoms with E-state index in [2.05, 4.69) is 9.97 Å². The molecular weight excluding hydrogens is 364 g/mol. The highest BCUT2D eigenvalue weighted by molar-refractivity contribution is 7.89. The first-order chi connectivity index (χ1) is 12.7. The lowest BCUT2D eigenvalue weighted by Gasteiger charge is -2.36. The third-order valence-electron chi connectivity index (χ3n) is 4.47. The quantitative estimate of drug-likeness (QED) is 0.803. The molecule has 7 nitrogen and oxygen atoms in total. The number of aromatic nitrogens is 2. The number of hydrogen-bond acceptors (Lipinski definition) is 5. The maximum absolute atomic E-state index is 12.9. The number of sulfonamides is 1. The van der Waals surface area contributed by atoms with Crippen LogP contribution in [-0.2, 0) is 14.8 Å². The van der Waals surface area contributed by atoms with Crippen molar-refractivity contribution in [2.75, 3.05) is 26.2 Å². The van der Waals surface area contributed by atoms with Crippen molar-refractivity contribution in [3.8, 4) is 11.4 Å². The number of piperazine rings is 1. The lowest BCUT2D eigenvalue weighted by Crippen LogP contribution is -2.52. The van der Waals surface area contributed by atoms with Gasteiger partial charge in [0, 0.05) is 37.2 Å². The van der Waals surface area contributed by atoms with Gasteiger partial charge in [-0.25, -0.2) is 18.4 Å². The van der Waals surface area contributed by atoms with E-state index >= 15 is 0 Å². The number of carbonyl (C=O) groups is 1. The molecular formula is C19H24N4O3S. The molecule has 8 heteroatoms. The summed E-state index contributed by atoms with van der Waals surface area (Å²) < 4.78 is 27.1. The molecule has 0 bridgehead atoms. The average molecular weight is 388 g/mol. The summed E-state index contributed by atoms with van der Waals surface area (Å²) in [4.78, 5) is 22.6. The predicted molar refractivity (Wildman–Crippen MR) is 102 cm³/mol. The molecule has 1 saturated heterocycles. The van der Waals surface area contributed by atoms with Crippen LogP contribution in [-0.4, -0.2) is 59.7 Å². The molecule has 144 valence electrons. The van der Waals surface area contributed by atoms with E-state index in [0.29, 0.717) is 18.9 Å². The standard InChI is InChI=1S/C19H24N4O3S/c1-19(2,3)18(24)22-9-11-23(12-10-22)27(25,26)16-13-20-17(21-14-16)15-7-5-4-6-8-15/h4-8,13-14H,9-12H2,1-3H3. The molecule has 0 N–H and O–H groups in total. The zero-order valence-corrected chi connectivity index (χ0v) is 16.6. The number of carbonyl (C=O) groups excluding carboxylic acids is 1. The number of amides is 1. The van der Waals surface area contributed by atoms with E-state index < -0.39 is 15.4 Å². The normalized spacial score (nSPS) is 16.3. The van der Waals surface area contributed by atoms with Crippen molar-refractivity contribution in [3.05, 3.63) is 42.7 Å². The highest BCUT2D eigenvalue weighted by Gasteiger charge is 2.34. The molecule has 1 aromatic heterocycles. The molecule has 1 aliphatic rings. The van der Waals surface area contributed by atoms with Crippen LogP contribution in [0.25, 0.3) is 11.4 Å². The van der Waals surface area contributed by atoms with Gasteiger partial charge in [0.2, 0.25) is 15.9 Å². The van der Waals surface area contributed by atoms with Crippen LogP contribution >= 0.6 is 0 Å². The zero-order valence-electron chi connectivity index (χ0n) is 15.8. The number of rotatable bonds is 3. The summed E-state index contributed by atoms with van der Waals surface area (Å²) in [6.07, 6.45) is 2.69. The molecule has 0 radical (unpaired) electrons. The summed E-state index contributed by atoms with van der Waals surface area (Å²) in [7, 11) is -3.68. The number of nitrogens with zero attached hydrogens (tertiary/aromatic N) is 4. The Hall–Kier alpha value is -2.32. The van der Waals surface area contributed by atoms with Crippen LogP contribution in [0.3, 0.4) is 0 Å². The Morgan fingerprint density at radius 3 is 2.04 bits per heavy atom. The fourth-order valence-corrected chi connectivity index (χ4v) is 4.25. The number of benzene rings is 1. The SMILES string of the molecule is CC(C)(C)C(=O)N1CCN(S(=O)(=O)c2cnc(-c3ccccc3)nc2)CC1. The van der Waals surface area contributed by atoms with E-state index in [1.165, 1.54) is 16.7 Å². The third kappa shape index (κ3) is 4.17. The Morgan fingerprint density at radius 2 is 1.52 bits per heavy atom. The zero-order chi connectivity index (χ0) is 19.7. The highest BCUT2D eigenvalue weighted by Crippen LogP contribution is 2.22. The second kappa shape index (κ2) is 7.36. The van der Waals surface area contributed by atoms with Crippen molar-refractivity contribution in [2.45, 2.75) is 25.7 Å². The Bertz CT molecular complexity index is 898. The van der Waals surface area contributed by atoms with Gasteiger partial charge in [0.1, 0.15) is 4.90 Å². The van der Waals surface area contributed by atoms with Crippen molar-refractivity contribution < 1.29 is 13.2 Å². The average Bonchev–Trinajstić information content (AvgIpc) is 2.67. The van der Waals surface area contributed by atoms with Gasteiger partial charge in [0.05, 0.1) is 12.4 Å². The van der Waals surface area contributed by atoms with Gasteiger partial charge in [-0.1, -0.05) is 51.1 Å². The van der Waals surface area contributed by atoms with Crippen LogP contribution in [0.5, 0.6) is 0 Å². The Kier molecular flexibility index (Phi) is 5.30. The third-order valence-corrected chi connectivity index (χ3v) is 6.32. The highest BCUT2D eigenvalue weighted by atomic mass is 32.2. The molecule has 0 aliphatic carbocycles. The van der Waals surface area contributed by atoms with Crippen molar-refractivity contribution >= 4 is 15.9 Å². The minimum Gasteiger partial charge on any atom is -0.340 e. The Morgan fingerprint density at radius 1 is 0.963 bits per heavy atom. The van der Waals surface area contributed by atoms with Crippen molar-refractivity contribution in [1.29, 1.82) is 0 Å². The molecule has 1 aliphatic heterocycles. The van der Waals surface area contributed by atoms with E-state index in [-0.39, 0.29) is 23.9 Å². The maximum atomic E-state index is 12.9. The van der Waals surface area contributed by atoms with E-state index in [1.54, 1.807) is 4.90 Å². The van der Waals surface area contributed by atoms with Crippen molar-refractivity contribution in [2.24, 2.45) is 5.41 Å². The van der Waals surface area contributed by atoms with Gasteiger partial charge >= 0.3 is 0 Å². The fraction of sp³-hybridized carbons (Fsp3) is 0.421. The van der Waals surface area contributed by atoms with Crippen molar-refractivity contribution in [3.63, 3.8) is 0 Å². The lowest BCUT2D eigenvalue weighted by atomic mass is 9.94. The predicted octanol–water partition coefficient (Wildman–Crippen LogP) is 2.02. The first-order valence-electron chi connectivity index (χ1n) is 8.86. The molecule has 0 unspecified atom stereocenters. The van der Waals surface area contributed by atoms with Crippen LogP contribution < -0.4 is 0 Å². The van der Waals surface area contributed by atoms with Gasteiger partial charge in [-0.05, 0) is 0 Å². The molecule has 1 fully saturated rings. The smallest absolute Gasteiger partial charge is 0.246 e. The summed E-state index contributed by atoms with van der Waals surface area (Å²) in [6.45, 7) is 6.91. The maximum Gasteiger partial charge on any atom is 0.246 e. The Labute approximate surface area is 160 Å². The minimum atomic E-state index is -3.68. The summed E-state index contributed by atoms with van der Waals surface area (Å²) in [5, 5.41) is 0. The topological polar surface area (TPSA) is 83.5 Å². The van der Waals surface area contributed by atoms with E-state index in [9.17, 15) is 13.2 Å². The van der Waals surface area contributed by atoms with Crippen molar-refractivity contribution in [1.82, 2.24) is 19.2 Å². The first-order valence-corrected chi connectivity index (χ1v) is 10.3. The van der Waals surface area contributed by atoms with E-state index in [0.717, 1.165) is 5.56 Å². The number of hydrogen-bond donors (Lipinski definition) is 0. The van der Waals surface area contributed by atoms with Crippen LogP contribution in [0.15, 0.2) is 47.6 Å². The van der Waals surface area contributed by atoms with Crippen LogP contribution in [0, 0.1) is 5.41 Å². The van der Waals surface area contributed by atoms with Crippen LogP contribution in [0.1, 0.15) is 20.8 Å². The second-order valence-corrected chi connectivity index (χ2v) is 9.49. The van der Waals surface area contributed by atoms with Gasteiger partial charge < -0.3 is 4.90 Å². The molecule has 3 rings (SSSR count). The molecule has 0 atom stereocenters. The summed E-state index contributed by atoms with van der Waals surface area (Å²) in [5.74, 6) is 0.519. The van der Waals surface area contributed by atoms with E-state index in [4.69, 9.17) is 0 Å². The molecule has 0 saturated carbocycles. The largest absolute Gasteiger partial charge is 0.340 e. The second-order valence-electron chi connectivity index (χ2n) is 7.55. The van der Waals surface area contributed by atoms with Gasteiger partial charge in [-0.3, -0.25) is 4.79 Å². The molecule has 2 aromatic rings. The monoisotopic (exact) mass is 388 g/mol. The van der Waals surface area contributed by atoms with E-state index in [1.807, 2.05) is 51.1 Å². The van der Waals surface area contributed by atoms with Gasteiger partial charge in [0.15, 0.2) is 5.82 Å². The lowest BCUT2D eigenvalue weighted by molar-refractivity contribution is -0.140. The van der Waals surface area contributed by atoms with Crippen LogP contribution in [0.2, 0.25) is 0 Å². The fourth-order valence-electron chi connectivity index (χ4n) is 2.94. The summed E-state index contributed by atoms with van der Waals surface area (Å²) in [5.41, 5.74) is 0.359. The molecule has 27 heavy (non-hydrogen) atoms. The summed E-state index contributed by atoms with van der Waals surface area (Å²) in [6, 6.07) is 9.39. The first kappa shape index (κ1) is 19.4. The molecule has 1 aromatic carbocycles. The molecule has 1 amide bonds. The summed E-state index contributed by atoms with van der Waals surface area (Å²) >= 11 is 0. The molecule has 2 heterocycles. The Balaban J connectivity index is 1.71. The molecule has 0 spiro atoms. The minimum absolute atomic E-state index is 0.0371. The van der Waals surface area contributed by atoms with Gasteiger partial charge in [-0.2, -0.15) is 4.31 Å². The van der Waals surface area contributed by atoms with Gasteiger partial charge in [0.25, 0.3) is 0 Å².